The molecule has 0 spiro atoms. The molecule has 17 heteroatoms. The van der Waals surface area contributed by atoms with Gasteiger partial charge in [-0.3, -0.25) is 43.4 Å². The van der Waals surface area contributed by atoms with E-state index >= 15 is 0 Å². The molecule has 2 aromatic rings. The Balaban J connectivity index is 1.40. The highest BCUT2D eigenvalue weighted by Crippen LogP contribution is 2.52. The number of hydrogen-bond donors (Lipinski definition) is 4. The van der Waals surface area contributed by atoms with E-state index in [4.69, 9.17) is 15.2 Å². The topological polar surface area (TPSA) is 243 Å². The Morgan fingerprint density at radius 2 is 1.62 bits per heavy atom. The minimum absolute atomic E-state index is 0.0146. The number of nitrogens with zero attached hydrogens (tertiary/aromatic N) is 3. The lowest BCUT2D eigenvalue weighted by molar-refractivity contribution is -0.181. The molecule has 5 N–H and O–H groups in total. The molecule has 0 saturated heterocycles. The number of fused-ring (bicyclic) bond motifs is 3. The third kappa shape index (κ3) is 7.47. The zero-order chi connectivity index (χ0) is 41.6. The van der Waals surface area contributed by atoms with Crippen molar-refractivity contribution in [2.45, 2.75) is 57.2 Å². The van der Waals surface area contributed by atoms with Crippen LogP contribution in [0.2, 0.25) is 0 Å². The van der Waals surface area contributed by atoms with E-state index in [-0.39, 0.29) is 30.5 Å². The molecular formula is C39H47N5O12. The molecule has 2 saturated carbocycles. The summed E-state index contributed by atoms with van der Waals surface area (Å²) in [6.07, 6.45) is -1.14. The van der Waals surface area contributed by atoms with Gasteiger partial charge in [0.2, 0.25) is 18.6 Å². The van der Waals surface area contributed by atoms with Gasteiger partial charge in [-0.2, -0.15) is 0 Å². The number of carbonyl (C=O) groups is 8. The molecule has 56 heavy (non-hydrogen) atoms. The van der Waals surface area contributed by atoms with Gasteiger partial charge in [-0.1, -0.05) is 30.3 Å². The lowest BCUT2D eigenvalue weighted by Gasteiger charge is -2.52. The number of nitrogens with two attached hydrogens (primary N) is 1. The molecule has 0 radical (unpaired) electrons. The van der Waals surface area contributed by atoms with Crippen LogP contribution in [0.4, 0.5) is 16.2 Å². The van der Waals surface area contributed by atoms with Gasteiger partial charge in [0.1, 0.15) is 12.3 Å². The molecule has 5 rings (SSSR count). The van der Waals surface area contributed by atoms with Crippen molar-refractivity contribution in [3.8, 4) is 5.75 Å². The summed E-state index contributed by atoms with van der Waals surface area (Å²) < 4.78 is 10.2. The summed E-state index contributed by atoms with van der Waals surface area (Å²) in [4.78, 5) is 111. The van der Waals surface area contributed by atoms with Crippen LogP contribution >= 0.6 is 0 Å². The quantitative estimate of drug-likeness (QED) is 0.113. The largest absolute Gasteiger partial charge is 0.505 e. The first kappa shape index (κ1) is 41.5. The van der Waals surface area contributed by atoms with Crippen molar-refractivity contribution in [3.63, 3.8) is 0 Å². The second-order valence-electron chi connectivity index (χ2n) is 15.8. The predicted octanol–water partition coefficient (Wildman–Crippen LogP) is 0.852. The Labute approximate surface area is 323 Å². The average Bonchev–Trinajstić information content (AvgIpc) is 3.09. The van der Waals surface area contributed by atoms with Gasteiger partial charge in [0.25, 0.3) is 0 Å². The zero-order valence-electron chi connectivity index (χ0n) is 32.3. The minimum atomic E-state index is -2.89. The molecule has 6 atom stereocenters. The van der Waals surface area contributed by atoms with E-state index in [0.29, 0.717) is 16.8 Å². The maximum atomic E-state index is 14.4. The van der Waals surface area contributed by atoms with E-state index in [0.717, 1.165) is 4.90 Å². The number of esters is 1. The van der Waals surface area contributed by atoms with E-state index < -0.39 is 107 Å². The number of nitrogens with one attached hydrogen (secondary N) is 1. The standard InChI is InChI=1S/C39H47N5O12/c1-38(2,3)44(37(53)56-18-55-26(46)13-19-11-9-8-10-12-19)17-25(45)41-23-16-24(42(4)5)21-14-20-15-22-30(43(6)7)33(49)29(36(40)52)35(51)39(22,54)34(50)27(20)32(48)28(21)31(23)47/h8-12,16,20,22,27,29-30,47,54H,13-15,17-18H2,1-7H3,(H2,40,52)(H,41,45)/t20-,22-,27?,29?,30-,39-/m0/s1. The van der Waals surface area contributed by atoms with Gasteiger partial charge in [-0.25, -0.2) is 4.79 Å². The summed E-state index contributed by atoms with van der Waals surface area (Å²) in [5, 5.41) is 26.0. The molecule has 0 heterocycles. The summed E-state index contributed by atoms with van der Waals surface area (Å²) >= 11 is 0. The maximum Gasteiger partial charge on any atom is 0.413 e. The van der Waals surface area contributed by atoms with Gasteiger partial charge < -0.3 is 35.6 Å². The number of ether oxygens (including phenoxy) is 2. The van der Waals surface area contributed by atoms with Crippen LogP contribution in [0.25, 0.3) is 0 Å². The molecule has 0 aliphatic heterocycles. The van der Waals surface area contributed by atoms with Crippen molar-refractivity contribution in [3.05, 3.63) is 53.1 Å². The SMILES string of the molecule is CN(C)c1cc(NC(=O)CN(C(=O)OCOC(=O)Cc2ccccc2)C(C)(C)C)c(O)c2c1C[C@H]1C[C@H]3[C@H](N(C)C)C(=O)C(C(N)=O)C(=O)[C@@]3(O)C(=O)C1C2=O. The summed E-state index contributed by atoms with van der Waals surface area (Å²) in [6.45, 7) is 3.59. The Morgan fingerprint density at radius 1 is 0.982 bits per heavy atom. The number of ketones is 4. The molecule has 2 aromatic carbocycles. The maximum absolute atomic E-state index is 14.4. The fraction of sp³-hybridized carbons (Fsp3) is 0.487. The van der Waals surface area contributed by atoms with Crippen LogP contribution in [-0.2, 0) is 51.1 Å². The minimum Gasteiger partial charge on any atom is -0.505 e. The number of hydrogen-bond acceptors (Lipinski definition) is 14. The first-order chi connectivity index (χ1) is 26.1. The second kappa shape index (κ2) is 15.5. The fourth-order valence-electron chi connectivity index (χ4n) is 8.09. The molecule has 300 valence electrons. The predicted molar refractivity (Wildman–Crippen MR) is 198 cm³/mol. The van der Waals surface area contributed by atoms with E-state index in [2.05, 4.69) is 5.32 Å². The van der Waals surface area contributed by atoms with Crippen LogP contribution in [0, 0.1) is 23.7 Å². The van der Waals surface area contributed by atoms with Gasteiger partial charge in [-0.05, 0) is 70.8 Å². The molecule has 2 fully saturated rings. The number of benzene rings is 2. The van der Waals surface area contributed by atoms with Crippen molar-refractivity contribution in [1.29, 1.82) is 0 Å². The lowest BCUT2D eigenvalue weighted by Crippen LogP contribution is -2.74. The Kier molecular flexibility index (Phi) is 11.4. The van der Waals surface area contributed by atoms with Crippen molar-refractivity contribution in [2.75, 3.05) is 51.7 Å². The molecule has 17 nitrogen and oxygen atoms in total. The van der Waals surface area contributed by atoms with Gasteiger partial charge in [0, 0.05) is 31.2 Å². The van der Waals surface area contributed by atoms with E-state index in [1.807, 2.05) is 0 Å². The van der Waals surface area contributed by atoms with E-state index in [1.165, 1.54) is 25.1 Å². The van der Waals surface area contributed by atoms with Crippen LogP contribution < -0.4 is 16.0 Å². The lowest BCUT2D eigenvalue weighted by atomic mass is 9.52. The average molecular weight is 778 g/mol. The van der Waals surface area contributed by atoms with Gasteiger partial charge in [0.05, 0.1) is 29.6 Å². The zero-order valence-corrected chi connectivity index (χ0v) is 32.3. The van der Waals surface area contributed by atoms with Crippen LogP contribution in [0.5, 0.6) is 5.75 Å². The van der Waals surface area contributed by atoms with Crippen LogP contribution in [0.1, 0.15) is 48.7 Å². The van der Waals surface area contributed by atoms with E-state index in [1.54, 1.807) is 70.1 Å². The smallest absolute Gasteiger partial charge is 0.413 e. The highest BCUT2D eigenvalue weighted by molar-refractivity contribution is 6.32. The third-order valence-electron chi connectivity index (χ3n) is 10.7. The number of phenols is 1. The molecule has 2 unspecified atom stereocenters. The Hall–Kier alpha value is -5.68. The molecule has 3 aliphatic rings. The number of primary amides is 1. The molecule has 3 aliphatic carbocycles. The monoisotopic (exact) mass is 777 g/mol. The third-order valence-corrected chi connectivity index (χ3v) is 10.7. The van der Waals surface area contributed by atoms with Crippen molar-refractivity contribution in [2.24, 2.45) is 29.4 Å². The first-order valence-electron chi connectivity index (χ1n) is 18.0. The second-order valence-corrected chi connectivity index (χ2v) is 15.8. The van der Waals surface area contributed by atoms with Crippen LogP contribution in [-0.4, -0.2) is 126 Å². The number of anilines is 2. The summed E-state index contributed by atoms with van der Waals surface area (Å²) in [5.74, 6) is -13.7. The number of carbonyl (C=O) groups excluding carboxylic acids is 8. The highest BCUT2D eigenvalue weighted by atomic mass is 16.7. The van der Waals surface area contributed by atoms with Crippen LogP contribution in [0.15, 0.2) is 36.4 Å². The van der Waals surface area contributed by atoms with Gasteiger partial charge >= 0.3 is 12.1 Å². The van der Waals surface area contributed by atoms with E-state index in [9.17, 15) is 48.6 Å². The molecule has 0 aromatic heterocycles. The van der Waals surface area contributed by atoms with Gasteiger partial charge in [0.15, 0.2) is 34.7 Å². The number of aromatic hydroxyl groups is 1. The van der Waals surface area contributed by atoms with Crippen molar-refractivity contribution in [1.82, 2.24) is 9.80 Å². The molecular weight excluding hydrogens is 730 g/mol. The number of amides is 3. The molecule has 3 amide bonds. The Bertz CT molecular complexity index is 1990. The first-order valence-corrected chi connectivity index (χ1v) is 18.0. The van der Waals surface area contributed by atoms with Crippen molar-refractivity contribution >= 4 is 58.4 Å². The number of phenolic OH excluding ortho intramolecular Hbond substituents is 1. The van der Waals surface area contributed by atoms with Gasteiger partial charge in [-0.15, -0.1) is 0 Å². The number of aliphatic hydroxyl groups is 1. The van der Waals surface area contributed by atoms with Crippen LogP contribution in [0.3, 0.4) is 0 Å². The highest BCUT2D eigenvalue weighted by Gasteiger charge is 2.69. The number of likely N-dealkylation sites (N-methyl/N-ethyl adjacent to an activating group) is 1. The number of rotatable bonds is 10. The fourth-order valence-corrected chi connectivity index (χ4v) is 8.09. The molecule has 0 bridgehead atoms. The van der Waals surface area contributed by atoms with Crippen molar-refractivity contribution < 1.29 is 58.0 Å². The Morgan fingerprint density at radius 3 is 2.20 bits per heavy atom. The normalized spacial score (nSPS) is 24.4. The summed E-state index contributed by atoms with van der Waals surface area (Å²) in [6, 6.07) is 8.99. The summed E-state index contributed by atoms with van der Waals surface area (Å²) in [7, 11) is 6.32. The summed E-state index contributed by atoms with van der Waals surface area (Å²) in [5.41, 5.74) is 2.40. The number of Topliss-reactive ketones (excluding diaryl/α,β-unsaturated/α-hetero) is 4.